The van der Waals surface area contributed by atoms with E-state index in [1.165, 1.54) is 38.3 Å². The van der Waals surface area contributed by atoms with Crippen molar-refractivity contribution in [3.8, 4) is 0 Å². The van der Waals surface area contributed by atoms with Gasteiger partial charge >= 0.3 is 17.9 Å². The van der Waals surface area contributed by atoms with Crippen molar-refractivity contribution in [2.24, 2.45) is 5.92 Å². The van der Waals surface area contributed by atoms with Crippen LogP contribution >= 0.6 is 0 Å². The standard InChI is InChI=1S/C30H31F4N7O4/c1-15(2)41-24-12-20(31)22(11-19(24)26(43)40(29(41)45)13-16-5-6-16)38-28(44)39-9-3-4-18(14-39)35-25(42)17-7-8-21-23(10-17)37-27(36-21)30(32,33)34/h7-8,10-12,15-16,18H,3-6,9,13-14H2,1-2H3,(H,35,42)(H,36,37)(H,38,44)/t18-/m1/s1. The number of hydrogen-bond acceptors (Lipinski definition) is 5. The number of piperidine rings is 1. The maximum atomic E-state index is 15.3. The van der Waals surface area contributed by atoms with Gasteiger partial charge in [-0.05, 0) is 69.7 Å². The molecule has 4 aromatic rings. The number of nitrogens with zero attached hydrogens (tertiary/aromatic N) is 4. The van der Waals surface area contributed by atoms with E-state index in [1.807, 2.05) is 0 Å². The molecule has 3 heterocycles. The van der Waals surface area contributed by atoms with Crippen molar-refractivity contribution in [1.29, 1.82) is 0 Å². The molecular weight excluding hydrogens is 598 g/mol. The number of halogens is 4. The van der Waals surface area contributed by atoms with Gasteiger partial charge in [0.1, 0.15) is 5.82 Å². The molecule has 0 spiro atoms. The number of rotatable bonds is 6. The second-order valence-electron chi connectivity index (χ2n) is 12.0. The van der Waals surface area contributed by atoms with Gasteiger partial charge in [0.25, 0.3) is 11.5 Å². The van der Waals surface area contributed by atoms with E-state index in [0.29, 0.717) is 19.4 Å². The minimum atomic E-state index is -4.66. The van der Waals surface area contributed by atoms with Crippen molar-refractivity contribution in [2.45, 2.75) is 64.3 Å². The zero-order valence-electron chi connectivity index (χ0n) is 24.5. The number of urea groups is 1. The smallest absolute Gasteiger partial charge is 0.348 e. The summed E-state index contributed by atoms with van der Waals surface area (Å²) in [5.41, 5.74) is -0.884. The highest BCUT2D eigenvalue weighted by Gasteiger charge is 2.35. The van der Waals surface area contributed by atoms with Crippen LogP contribution in [0.3, 0.4) is 0 Å². The molecule has 45 heavy (non-hydrogen) atoms. The highest BCUT2D eigenvalue weighted by Crippen LogP contribution is 2.31. The monoisotopic (exact) mass is 629 g/mol. The summed E-state index contributed by atoms with van der Waals surface area (Å²) in [7, 11) is 0. The quantitative estimate of drug-likeness (QED) is 0.268. The number of hydrogen-bond donors (Lipinski definition) is 3. The fourth-order valence-corrected chi connectivity index (χ4v) is 5.74. The summed E-state index contributed by atoms with van der Waals surface area (Å²) in [6.07, 6.45) is -1.74. The number of amides is 3. The van der Waals surface area contributed by atoms with Crippen molar-refractivity contribution < 1.29 is 27.2 Å². The maximum absolute atomic E-state index is 15.3. The van der Waals surface area contributed by atoms with Crippen LogP contribution in [-0.2, 0) is 12.7 Å². The van der Waals surface area contributed by atoms with Crippen molar-refractivity contribution in [3.63, 3.8) is 0 Å². The maximum Gasteiger partial charge on any atom is 0.449 e. The van der Waals surface area contributed by atoms with Gasteiger partial charge in [0.05, 0.1) is 27.6 Å². The van der Waals surface area contributed by atoms with Gasteiger partial charge in [-0.2, -0.15) is 13.2 Å². The molecule has 1 aliphatic carbocycles. The zero-order valence-corrected chi connectivity index (χ0v) is 24.5. The van der Waals surface area contributed by atoms with Crippen molar-refractivity contribution in [1.82, 2.24) is 29.3 Å². The van der Waals surface area contributed by atoms with Crippen molar-refractivity contribution >= 4 is 39.6 Å². The van der Waals surface area contributed by atoms with Crippen LogP contribution in [0.1, 0.15) is 61.8 Å². The fourth-order valence-electron chi connectivity index (χ4n) is 5.74. The number of aromatic nitrogens is 4. The van der Waals surface area contributed by atoms with Crippen LogP contribution in [0.5, 0.6) is 0 Å². The first-order valence-electron chi connectivity index (χ1n) is 14.7. The number of carbonyl (C=O) groups excluding carboxylic acids is 2. The van der Waals surface area contributed by atoms with E-state index in [-0.39, 0.29) is 58.2 Å². The molecule has 1 aliphatic heterocycles. The third-order valence-electron chi connectivity index (χ3n) is 8.21. The van der Waals surface area contributed by atoms with Crippen LogP contribution in [0, 0.1) is 11.7 Å². The first kappa shape index (κ1) is 30.3. The molecule has 11 nitrogen and oxygen atoms in total. The van der Waals surface area contributed by atoms with E-state index >= 15 is 4.39 Å². The summed E-state index contributed by atoms with van der Waals surface area (Å²) >= 11 is 0. The largest absolute Gasteiger partial charge is 0.449 e. The minimum absolute atomic E-state index is 0.0123. The van der Waals surface area contributed by atoms with Gasteiger partial charge in [-0.15, -0.1) is 0 Å². The molecule has 0 radical (unpaired) electrons. The van der Waals surface area contributed by atoms with E-state index in [9.17, 15) is 32.3 Å². The Hall–Kier alpha value is -4.69. The second kappa shape index (κ2) is 11.3. The highest BCUT2D eigenvalue weighted by atomic mass is 19.4. The lowest BCUT2D eigenvalue weighted by Crippen LogP contribution is -2.50. The molecule has 238 valence electrons. The molecule has 2 aromatic heterocycles. The van der Waals surface area contributed by atoms with Gasteiger partial charge in [-0.25, -0.2) is 19.0 Å². The molecule has 2 aliphatic rings. The number of imidazole rings is 1. The Balaban J connectivity index is 1.18. The summed E-state index contributed by atoms with van der Waals surface area (Å²) in [4.78, 5) is 59.7. The van der Waals surface area contributed by atoms with Gasteiger partial charge in [0.15, 0.2) is 0 Å². The molecular formula is C30H31F4N7O4. The molecule has 1 saturated heterocycles. The molecule has 0 unspecified atom stereocenters. The van der Waals surface area contributed by atoms with Crippen molar-refractivity contribution in [3.05, 3.63) is 68.4 Å². The Morgan fingerprint density at radius 1 is 1.11 bits per heavy atom. The molecule has 1 atom stereocenters. The van der Waals surface area contributed by atoms with E-state index < -0.39 is 47.0 Å². The molecule has 2 aromatic carbocycles. The molecule has 3 N–H and O–H groups in total. The van der Waals surface area contributed by atoms with Crippen LogP contribution in [0.25, 0.3) is 21.9 Å². The number of nitrogens with one attached hydrogen (secondary N) is 3. The van der Waals surface area contributed by atoms with Gasteiger partial charge in [0.2, 0.25) is 5.82 Å². The predicted molar refractivity (Wildman–Crippen MR) is 158 cm³/mol. The Labute approximate surface area is 253 Å². The summed E-state index contributed by atoms with van der Waals surface area (Å²) in [6.45, 7) is 4.24. The first-order chi connectivity index (χ1) is 21.3. The highest BCUT2D eigenvalue weighted by molar-refractivity contribution is 5.98. The number of benzene rings is 2. The van der Waals surface area contributed by atoms with E-state index in [1.54, 1.807) is 13.8 Å². The van der Waals surface area contributed by atoms with E-state index in [2.05, 4.69) is 20.6 Å². The lowest BCUT2D eigenvalue weighted by atomic mass is 10.1. The Morgan fingerprint density at radius 2 is 1.87 bits per heavy atom. The molecule has 1 saturated carbocycles. The number of anilines is 1. The topological polar surface area (TPSA) is 134 Å². The zero-order chi connectivity index (χ0) is 32.2. The second-order valence-corrected chi connectivity index (χ2v) is 12.0. The molecule has 0 bridgehead atoms. The third kappa shape index (κ3) is 6.02. The number of alkyl halides is 3. The first-order valence-corrected chi connectivity index (χ1v) is 14.7. The van der Waals surface area contributed by atoms with Crippen molar-refractivity contribution in [2.75, 3.05) is 18.4 Å². The Kier molecular flexibility index (Phi) is 7.65. The molecule has 6 rings (SSSR count). The van der Waals surface area contributed by atoms with E-state index in [0.717, 1.165) is 18.9 Å². The van der Waals surface area contributed by atoms with Crippen LogP contribution in [-0.4, -0.2) is 55.1 Å². The molecule has 15 heteroatoms. The van der Waals surface area contributed by atoms with Gasteiger partial charge in [0, 0.05) is 43.3 Å². The fraction of sp³-hybridized carbons (Fsp3) is 0.433. The van der Waals surface area contributed by atoms with E-state index in [4.69, 9.17) is 0 Å². The number of likely N-dealkylation sites (tertiary alicyclic amines) is 1. The lowest BCUT2D eigenvalue weighted by molar-refractivity contribution is -0.144. The minimum Gasteiger partial charge on any atom is -0.348 e. The normalized spacial score (nSPS) is 17.3. The summed E-state index contributed by atoms with van der Waals surface area (Å²) in [6, 6.07) is 4.85. The number of H-pyrrole nitrogens is 1. The SMILES string of the molecule is CC(C)n1c(=O)n(CC2CC2)c(=O)c2cc(NC(=O)N3CCC[C@@H](NC(=O)c4ccc5[nH]c(C(F)(F)F)nc5c4)C3)c(F)cc21. The average molecular weight is 630 g/mol. The number of fused-ring (bicyclic) bond motifs is 2. The van der Waals surface area contributed by atoms with Crippen LogP contribution in [0.15, 0.2) is 39.9 Å². The number of carbonyl (C=O) groups is 2. The molecule has 2 fully saturated rings. The van der Waals surface area contributed by atoms with Gasteiger partial charge in [-0.3, -0.25) is 18.7 Å². The van der Waals surface area contributed by atoms with Crippen LogP contribution in [0.2, 0.25) is 0 Å². The van der Waals surface area contributed by atoms with Crippen LogP contribution in [0.4, 0.5) is 28.0 Å². The Morgan fingerprint density at radius 3 is 2.56 bits per heavy atom. The Bertz CT molecular complexity index is 1940. The lowest BCUT2D eigenvalue weighted by Gasteiger charge is -2.33. The summed E-state index contributed by atoms with van der Waals surface area (Å²) in [5.74, 6) is -2.27. The summed E-state index contributed by atoms with van der Waals surface area (Å²) in [5, 5.41) is 5.45. The van der Waals surface area contributed by atoms with Gasteiger partial charge in [-0.1, -0.05) is 0 Å². The van der Waals surface area contributed by atoms with Gasteiger partial charge < -0.3 is 20.5 Å². The number of aromatic amines is 1. The van der Waals surface area contributed by atoms with Crippen LogP contribution < -0.4 is 21.9 Å². The third-order valence-corrected chi connectivity index (χ3v) is 8.21. The predicted octanol–water partition coefficient (Wildman–Crippen LogP) is 4.61. The summed E-state index contributed by atoms with van der Waals surface area (Å²) < 4.78 is 56.9. The average Bonchev–Trinajstić information content (AvgIpc) is 3.69. The molecule has 3 amide bonds.